The molecule has 0 aromatic rings. The van der Waals surface area contributed by atoms with Crippen LogP contribution in [-0.4, -0.2) is 54.1 Å². The molecule has 5 heteroatoms. The van der Waals surface area contributed by atoms with E-state index in [2.05, 4.69) is 0 Å². The Bertz CT molecular complexity index is 334. The van der Waals surface area contributed by atoms with E-state index in [0.717, 1.165) is 0 Å². The molecule has 18 heavy (non-hydrogen) atoms. The van der Waals surface area contributed by atoms with Crippen LogP contribution in [0.4, 0.5) is 4.79 Å². The summed E-state index contributed by atoms with van der Waals surface area (Å²) in [5, 5.41) is 0. The second kappa shape index (κ2) is 5.16. The van der Waals surface area contributed by atoms with Gasteiger partial charge in [0.1, 0.15) is 11.6 Å². The average Bonchev–Trinajstić information content (AvgIpc) is 2.56. The van der Waals surface area contributed by atoms with Crippen LogP contribution < -0.4 is 0 Å². The Labute approximate surface area is 109 Å². The molecule has 1 fully saturated rings. The maximum absolute atomic E-state index is 12.1. The largest absolute Gasteiger partial charge is 0.444 e. The van der Waals surface area contributed by atoms with Crippen molar-refractivity contribution in [1.29, 1.82) is 0 Å². The molecular formula is C13H24N2O3. The number of ether oxygens (including phenoxy) is 1. The topological polar surface area (TPSA) is 49.9 Å². The minimum atomic E-state index is -0.533. The molecule has 1 rings (SSSR count). The molecule has 2 atom stereocenters. The highest BCUT2D eigenvalue weighted by Gasteiger charge is 2.40. The van der Waals surface area contributed by atoms with E-state index in [0.29, 0.717) is 18.9 Å². The Balaban J connectivity index is 2.79. The van der Waals surface area contributed by atoms with Gasteiger partial charge in [0, 0.05) is 20.6 Å². The van der Waals surface area contributed by atoms with Crippen LogP contribution in [0.2, 0.25) is 0 Å². The zero-order chi connectivity index (χ0) is 14.1. The van der Waals surface area contributed by atoms with Crippen LogP contribution >= 0.6 is 0 Å². The molecule has 104 valence electrons. The lowest BCUT2D eigenvalue weighted by Gasteiger charge is -2.29. The van der Waals surface area contributed by atoms with Crippen LogP contribution in [0.15, 0.2) is 0 Å². The highest BCUT2D eigenvalue weighted by Crippen LogP contribution is 2.26. The molecule has 0 aromatic heterocycles. The summed E-state index contributed by atoms with van der Waals surface area (Å²) in [7, 11) is 3.41. The lowest BCUT2D eigenvalue weighted by atomic mass is 10.1. The van der Waals surface area contributed by atoms with E-state index in [9.17, 15) is 9.59 Å². The number of hydrogen-bond acceptors (Lipinski definition) is 3. The number of nitrogens with zero attached hydrogens (tertiary/aromatic N) is 2. The fraction of sp³-hybridized carbons (Fsp3) is 0.846. The molecule has 0 radical (unpaired) electrons. The monoisotopic (exact) mass is 256 g/mol. The van der Waals surface area contributed by atoms with Gasteiger partial charge in [0.05, 0.1) is 0 Å². The Hall–Kier alpha value is -1.26. The first kappa shape index (κ1) is 14.8. The molecule has 1 saturated heterocycles. The Kier molecular flexibility index (Phi) is 4.24. The number of rotatable bonds is 1. The highest BCUT2D eigenvalue weighted by atomic mass is 16.6. The van der Waals surface area contributed by atoms with E-state index in [1.165, 1.54) is 4.90 Å². The molecule has 1 aliphatic heterocycles. The van der Waals surface area contributed by atoms with Crippen molar-refractivity contribution in [3.05, 3.63) is 0 Å². The quantitative estimate of drug-likeness (QED) is 0.717. The first-order valence-electron chi connectivity index (χ1n) is 6.32. The number of likely N-dealkylation sites (N-methyl/N-ethyl adjacent to an activating group) is 1. The highest BCUT2D eigenvalue weighted by molar-refractivity contribution is 5.86. The van der Waals surface area contributed by atoms with Crippen molar-refractivity contribution in [2.24, 2.45) is 5.92 Å². The molecule has 0 aliphatic carbocycles. The molecule has 0 bridgehead atoms. The van der Waals surface area contributed by atoms with Crippen molar-refractivity contribution in [2.45, 2.75) is 45.8 Å². The van der Waals surface area contributed by atoms with Crippen LogP contribution in [0.1, 0.15) is 34.1 Å². The first-order chi connectivity index (χ1) is 8.11. The molecule has 1 aliphatic rings. The molecule has 0 N–H and O–H groups in total. The number of carbonyl (C=O) groups excluding carboxylic acids is 2. The number of likely N-dealkylation sites (tertiary alicyclic amines) is 1. The Morgan fingerprint density at radius 1 is 1.28 bits per heavy atom. The summed E-state index contributed by atoms with van der Waals surface area (Å²) in [6.07, 6.45) is 0.308. The third-order valence-corrected chi connectivity index (χ3v) is 2.86. The third kappa shape index (κ3) is 3.62. The number of hydrogen-bond donors (Lipinski definition) is 0. The van der Waals surface area contributed by atoms with E-state index < -0.39 is 11.7 Å². The molecule has 2 amide bonds. The van der Waals surface area contributed by atoms with Crippen LogP contribution in [0.25, 0.3) is 0 Å². The fourth-order valence-electron chi connectivity index (χ4n) is 2.10. The third-order valence-electron chi connectivity index (χ3n) is 2.86. The van der Waals surface area contributed by atoms with Crippen molar-refractivity contribution in [3.63, 3.8) is 0 Å². The van der Waals surface area contributed by atoms with Crippen molar-refractivity contribution in [3.8, 4) is 0 Å². The van der Waals surface area contributed by atoms with E-state index in [1.807, 2.05) is 27.7 Å². The molecule has 0 saturated carbocycles. The normalized spacial score (nSPS) is 24.0. The van der Waals surface area contributed by atoms with Crippen molar-refractivity contribution in [2.75, 3.05) is 20.6 Å². The summed E-state index contributed by atoms with van der Waals surface area (Å²) in [6.45, 7) is 8.10. The Morgan fingerprint density at radius 2 is 1.83 bits per heavy atom. The summed E-state index contributed by atoms with van der Waals surface area (Å²) in [4.78, 5) is 27.2. The predicted molar refractivity (Wildman–Crippen MR) is 69.2 cm³/mol. The van der Waals surface area contributed by atoms with Gasteiger partial charge in [-0.2, -0.15) is 0 Å². The second-order valence-corrected chi connectivity index (χ2v) is 6.22. The van der Waals surface area contributed by atoms with E-state index in [4.69, 9.17) is 4.74 Å². The van der Waals surface area contributed by atoms with Gasteiger partial charge in [-0.1, -0.05) is 6.92 Å². The van der Waals surface area contributed by atoms with Crippen LogP contribution in [0.3, 0.4) is 0 Å². The zero-order valence-corrected chi connectivity index (χ0v) is 12.2. The zero-order valence-electron chi connectivity index (χ0n) is 12.2. The summed E-state index contributed by atoms with van der Waals surface area (Å²) >= 11 is 0. The lowest BCUT2D eigenvalue weighted by molar-refractivity contribution is -0.133. The lowest BCUT2D eigenvalue weighted by Crippen LogP contribution is -2.47. The van der Waals surface area contributed by atoms with Gasteiger partial charge in [-0.3, -0.25) is 9.69 Å². The van der Waals surface area contributed by atoms with E-state index in [-0.39, 0.29) is 11.9 Å². The van der Waals surface area contributed by atoms with Gasteiger partial charge in [0.15, 0.2) is 0 Å². The molecule has 0 unspecified atom stereocenters. The van der Waals surface area contributed by atoms with Gasteiger partial charge in [-0.15, -0.1) is 0 Å². The van der Waals surface area contributed by atoms with Gasteiger partial charge >= 0.3 is 6.09 Å². The summed E-state index contributed by atoms with van der Waals surface area (Å²) in [5.74, 6) is 0.289. The van der Waals surface area contributed by atoms with E-state index in [1.54, 1.807) is 19.0 Å². The average molecular weight is 256 g/mol. The van der Waals surface area contributed by atoms with Gasteiger partial charge in [0.2, 0.25) is 5.91 Å². The van der Waals surface area contributed by atoms with Gasteiger partial charge in [0.25, 0.3) is 0 Å². The van der Waals surface area contributed by atoms with Crippen molar-refractivity contribution < 1.29 is 14.3 Å². The molecule has 1 heterocycles. The molecular weight excluding hydrogens is 232 g/mol. The van der Waals surface area contributed by atoms with Crippen molar-refractivity contribution >= 4 is 12.0 Å². The van der Waals surface area contributed by atoms with E-state index >= 15 is 0 Å². The maximum atomic E-state index is 12.1. The summed E-state index contributed by atoms with van der Waals surface area (Å²) in [6, 6.07) is -0.384. The van der Waals surface area contributed by atoms with Crippen LogP contribution in [0.5, 0.6) is 0 Å². The summed E-state index contributed by atoms with van der Waals surface area (Å²) < 4.78 is 5.35. The molecule has 5 nitrogen and oxygen atoms in total. The maximum Gasteiger partial charge on any atom is 0.410 e. The number of carbonyl (C=O) groups is 2. The van der Waals surface area contributed by atoms with Crippen LogP contribution in [0, 0.1) is 5.92 Å². The summed E-state index contributed by atoms with van der Waals surface area (Å²) in [5.41, 5.74) is -0.533. The molecule has 0 aromatic carbocycles. The van der Waals surface area contributed by atoms with Crippen LogP contribution in [-0.2, 0) is 9.53 Å². The van der Waals surface area contributed by atoms with Gasteiger partial charge in [-0.05, 0) is 33.1 Å². The predicted octanol–water partition coefficient (Wildman–Crippen LogP) is 1.72. The number of amides is 2. The SMILES string of the molecule is C[C@H]1C[C@@H](C(=O)N(C)C)N(C(=O)OC(C)(C)C)C1. The Morgan fingerprint density at radius 3 is 2.28 bits per heavy atom. The smallest absolute Gasteiger partial charge is 0.410 e. The first-order valence-corrected chi connectivity index (χ1v) is 6.32. The minimum absolute atomic E-state index is 0.0368. The minimum Gasteiger partial charge on any atom is -0.444 e. The molecule has 0 spiro atoms. The van der Waals surface area contributed by atoms with Crippen molar-refractivity contribution in [1.82, 2.24) is 9.80 Å². The fourth-order valence-corrected chi connectivity index (χ4v) is 2.10. The van der Waals surface area contributed by atoms with Gasteiger partial charge in [-0.25, -0.2) is 4.79 Å². The van der Waals surface area contributed by atoms with Gasteiger partial charge < -0.3 is 9.64 Å². The standard InChI is InChI=1S/C13H24N2O3/c1-9-7-10(11(16)14(5)6)15(8-9)12(17)18-13(2,3)4/h9-10H,7-8H2,1-6H3/t9-,10-/m0/s1. The second-order valence-electron chi connectivity index (χ2n) is 6.22.